The minimum absolute atomic E-state index is 0.172. The third-order valence-corrected chi connectivity index (χ3v) is 3.29. The second-order valence-corrected chi connectivity index (χ2v) is 5.81. The Kier molecular flexibility index (Phi) is 5.85. The molecule has 1 aliphatic rings. The molecule has 5 nitrogen and oxygen atoms in total. The first kappa shape index (κ1) is 16.1. The van der Waals surface area contributed by atoms with Crippen LogP contribution < -0.4 is 15.4 Å². The second-order valence-electron chi connectivity index (χ2n) is 5.40. The maximum absolute atomic E-state index is 12.0. The van der Waals surface area contributed by atoms with Gasteiger partial charge in [0.1, 0.15) is 11.9 Å². The van der Waals surface area contributed by atoms with Crippen LogP contribution in [0.5, 0.6) is 5.75 Å². The van der Waals surface area contributed by atoms with Gasteiger partial charge in [0.2, 0.25) is 0 Å². The molecule has 1 heterocycles. The van der Waals surface area contributed by atoms with Gasteiger partial charge >= 0.3 is 0 Å². The standard InChI is InChI=1S/C15H21ClN2O3/c1-10(2)9-21-13-4-3-11(7-12(13)16)18-15(19)14-8-17-5-6-20-14/h3-4,7,10,14,17H,5-6,8-9H2,1-2H3,(H,18,19). The van der Waals surface area contributed by atoms with Crippen molar-refractivity contribution in [2.75, 3.05) is 31.6 Å². The van der Waals surface area contributed by atoms with Gasteiger partial charge in [-0.25, -0.2) is 0 Å². The molecule has 116 valence electrons. The van der Waals surface area contributed by atoms with Crippen LogP contribution in [0.3, 0.4) is 0 Å². The fourth-order valence-corrected chi connectivity index (χ4v) is 2.14. The van der Waals surface area contributed by atoms with Crippen molar-refractivity contribution in [3.05, 3.63) is 23.2 Å². The van der Waals surface area contributed by atoms with Crippen molar-refractivity contribution in [1.82, 2.24) is 5.32 Å². The number of morpholine rings is 1. The Balaban J connectivity index is 1.94. The van der Waals surface area contributed by atoms with Gasteiger partial charge in [0, 0.05) is 18.8 Å². The normalized spacial score (nSPS) is 18.6. The number of benzene rings is 1. The van der Waals surface area contributed by atoms with E-state index in [1.165, 1.54) is 0 Å². The van der Waals surface area contributed by atoms with Crippen LogP contribution in [-0.4, -0.2) is 38.3 Å². The lowest BCUT2D eigenvalue weighted by molar-refractivity contribution is -0.128. The molecule has 1 aromatic carbocycles. The zero-order valence-corrected chi connectivity index (χ0v) is 13.1. The Morgan fingerprint density at radius 1 is 1.57 bits per heavy atom. The van der Waals surface area contributed by atoms with Crippen molar-refractivity contribution in [1.29, 1.82) is 0 Å². The molecule has 0 aliphatic carbocycles. The van der Waals surface area contributed by atoms with Crippen LogP contribution >= 0.6 is 11.6 Å². The van der Waals surface area contributed by atoms with E-state index in [2.05, 4.69) is 24.5 Å². The molecule has 1 amide bonds. The van der Waals surface area contributed by atoms with Gasteiger partial charge in [0.15, 0.2) is 0 Å². The largest absolute Gasteiger partial charge is 0.492 e. The summed E-state index contributed by atoms with van der Waals surface area (Å²) < 4.78 is 11.0. The molecule has 1 saturated heterocycles. The molecule has 0 aromatic heterocycles. The van der Waals surface area contributed by atoms with E-state index >= 15 is 0 Å². The predicted molar refractivity (Wildman–Crippen MR) is 83.0 cm³/mol. The second kappa shape index (κ2) is 7.64. The number of ether oxygens (including phenoxy) is 2. The highest BCUT2D eigenvalue weighted by molar-refractivity contribution is 6.32. The third-order valence-electron chi connectivity index (χ3n) is 2.99. The highest BCUT2D eigenvalue weighted by Crippen LogP contribution is 2.28. The number of hydrogen-bond acceptors (Lipinski definition) is 4. The van der Waals surface area contributed by atoms with Crippen LogP contribution in [0, 0.1) is 5.92 Å². The first-order chi connectivity index (χ1) is 10.1. The van der Waals surface area contributed by atoms with Gasteiger partial charge in [-0.2, -0.15) is 0 Å². The van der Waals surface area contributed by atoms with Gasteiger partial charge < -0.3 is 20.1 Å². The summed E-state index contributed by atoms with van der Waals surface area (Å²) in [6.07, 6.45) is -0.464. The fourth-order valence-electron chi connectivity index (χ4n) is 1.91. The Morgan fingerprint density at radius 3 is 3.00 bits per heavy atom. The van der Waals surface area contributed by atoms with Crippen molar-refractivity contribution in [2.24, 2.45) is 5.92 Å². The Bertz CT molecular complexity index is 488. The summed E-state index contributed by atoms with van der Waals surface area (Å²) in [7, 11) is 0. The predicted octanol–water partition coefficient (Wildman–Crippen LogP) is 2.30. The lowest BCUT2D eigenvalue weighted by atomic mass is 10.2. The monoisotopic (exact) mass is 312 g/mol. The summed E-state index contributed by atoms with van der Waals surface area (Å²) in [5, 5.41) is 6.40. The minimum Gasteiger partial charge on any atom is -0.492 e. The van der Waals surface area contributed by atoms with Gasteiger partial charge in [-0.1, -0.05) is 25.4 Å². The van der Waals surface area contributed by atoms with Crippen LogP contribution in [0.15, 0.2) is 18.2 Å². The van der Waals surface area contributed by atoms with Crippen LogP contribution in [0.25, 0.3) is 0 Å². The van der Waals surface area contributed by atoms with Crippen molar-refractivity contribution in [3.63, 3.8) is 0 Å². The van der Waals surface area contributed by atoms with E-state index in [0.717, 1.165) is 6.54 Å². The SMILES string of the molecule is CC(C)COc1ccc(NC(=O)C2CNCCO2)cc1Cl. The molecule has 1 atom stereocenters. The van der Waals surface area contributed by atoms with Crippen molar-refractivity contribution < 1.29 is 14.3 Å². The van der Waals surface area contributed by atoms with E-state index in [-0.39, 0.29) is 5.91 Å². The number of nitrogens with one attached hydrogen (secondary N) is 2. The van der Waals surface area contributed by atoms with Gasteiger partial charge in [-0.3, -0.25) is 4.79 Å². The summed E-state index contributed by atoms with van der Waals surface area (Å²) in [4.78, 5) is 12.0. The molecule has 1 unspecified atom stereocenters. The average Bonchev–Trinajstić information content (AvgIpc) is 2.47. The molecule has 2 N–H and O–H groups in total. The van der Waals surface area contributed by atoms with Crippen molar-refractivity contribution >= 4 is 23.2 Å². The van der Waals surface area contributed by atoms with Gasteiger partial charge in [0.25, 0.3) is 5.91 Å². The first-order valence-corrected chi connectivity index (χ1v) is 7.49. The highest BCUT2D eigenvalue weighted by atomic mass is 35.5. The minimum atomic E-state index is -0.464. The topological polar surface area (TPSA) is 59.6 Å². The van der Waals surface area contributed by atoms with Crippen LogP contribution in [0.2, 0.25) is 5.02 Å². The van der Waals surface area contributed by atoms with Crippen LogP contribution in [0.4, 0.5) is 5.69 Å². The zero-order valence-electron chi connectivity index (χ0n) is 12.3. The molecular formula is C15H21ClN2O3. The van der Waals surface area contributed by atoms with Crippen LogP contribution in [-0.2, 0) is 9.53 Å². The zero-order chi connectivity index (χ0) is 15.2. The molecule has 1 fully saturated rings. The van der Waals surface area contributed by atoms with E-state index in [1.54, 1.807) is 18.2 Å². The van der Waals surface area contributed by atoms with E-state index in [1.807, 2.05) is 0 Å². The number of halogens is 1. The summed E-state index contributed by atoms with van der Waals surface area (Å²) in [6.45, 7) is 6.59. The van der Waals surface area contributed by atoms with E-state index in [4.69, 9.17) is 21.1 Å². The summed E-state index contributed by atoms with van der Waals surface area (Å²) in [5.41, 5.74) is 0.635. The molecule has 0 saturated carbocycles. The highest BCUT2D eigenvalue weighted by Gasteiger charge is 2.21. The summed E-state index contributed by atoms with van der Waals surface area (Å²) >= 11 is 6.16. The number of hydrogen-bond donors (Lipinski definition) is 2. The Labute approximate surface area is 130 Å². The number of amides is 1. The summed E-state index contributed by atoms with van der Waals surface area (Å²) in [6, 6.07) is 5.22. The molecule has 0 spiro atoms. The van der Waals surface area contributed by atoms with Crippen molar-refractivity contribution in [3.8, 4) is 5.75 Å². The van der Waals surface area contributed by atoms with E-state index in [0.29, 0.717) is 42.1 Å². The third kappa shape index (κ3) is 4.88. The smallest absolute Gasteiger partial charge is 0.254 e. The molecule has 1 aromatic rings. The van der Waals surface area contributed by atoms with Crippen LogP contribution in [0.1, 0.15) is 13.8 Å². The van der Waals surface area contributed by atoms with Gasteiger partial charge in [-0.05, 0) is 24.1 Å². The number of carbonyl (C=O) groups excluding carboxylic acids is 1. The first-order valence-electron chi connectivity index (χ1n) is 7.12. The lowest BCUT2D eigenvalue weighted by Crippen LogP contribution is -2.45. The maximum atomic E-state index is 12.0. The number of anilines is 1. The fraction of sp³-hybridized carbons (Fsp3) is 0.533. The van der Waals surface area contributed by atoms with E-state index < -0.39 is 6.10 Å². The molecular weight excluding hydrogens is 292 g/mol. The molecule has 0 radical (unpaired) electrons. The maximum Gasteiger partial charge on any atom is 0.254 e. The van der Waals surface area contributed by atoms with E-state index in [9.17, 15) is 4.79 Å². The molecule has 2 rings (SSSR count). The molecule has 6 heteroatoms. The average molecular weight is 313 g/mol. The molecule has 1 aliphatic heterocycles. The van der Waals surface area contributed by atoms with Crippen molar-refractivity contribution in [2.45, 2.75) is 20.0 Å². The number of carbonyl (C=O) groups is 1. The Hall–Kier alpha value is -1.30. The summed E-state index contributed by atoms with van der Waals surface area (Å²) in [5.74, 6) is 0.879. The molecule has 0 bridgehead atoms. The molecule has 21 heavy (non-hydrogen) atoms. The number of rotatable bonds is 5. The van der Waals surface area contributed by atoms with Gasteiger partial charge in [0.05, 0.1) is 18.2 Å². The lowest BCUT2D eigenvalue weighted by Gasteiger charge is -2.22. The Morgan fingerprint density at radius 2 is 2.38 bits per heavy atom. The van der Waals surface area contributed by atoms with Gasteiger partial charge in [-0.15, -0.1) is 0 Å². The quantitative estimate of drug-likeness (QED) is 0.876.